The van der Waals surface area contributed by atoms with Gasteiger partial charge in [-0.25, -0.2) is 0 Å². The Morgan fingerprint density at radius 3 is 1.48 bits per heavy atom. The lowest BCUT2D eigenvalue weighted by molar-refractivity contribution is -0.161. The van der Waals surface area contributed by atoms with Gasteiger partial charge in [0.25, 0.3) is 0 Å². The Labute approximate surface area is 259 Å². The summed E-state index contributed by atoms with van der Waals surface area (Å²) >= 11 is 0. The van der Waals surface area contributed by atoms with Gasteiger partial charge in [0.1, 0.15) is 6.61 Å². The van der Waals surface area contributed by atoms with Crippen LogP contribution in [-0.4, -0.2) is 36.4 Å². The van der Waals surface area contributed by atoms with E-state index in [1.54, 1.807) is 0 Å². The number of aliphatic hydroxyl groups is 1. The van der Waals surface area contributed by atoms with Gasteiger partial charge in [-0.1, -0.05) is 140 Å². The van der Waals surface area contributed by atoms with Crippen molar-refractivity contribution in [3.05, 3.63) is 36.5 Å². The first-order valence-corrected chi connectivity index (χ1v) is 17.5. The zero-order valence-corrected chi connectivity index (χ0v) is 27.5. The molecule has 0 bridgehead atoms. The Hall–Kier alpha value is -1.88. The molecule has 42 heavy (non-hydrogen) atoms. The number of carbonyl (C=O) groups excluding carboxylic acids is 2. The normalized spacial score (nSPS) is 12.5. The maximum atomic E-state index is 12.1. The smallest absolute Gasteiger partial charge is 0.306 e. The molecule has 0 rings (SSSR count). The number of aliphatic hydroxyl groups excluding tert-OH is 1. The summed E-state index contributed by atoms with van der Waals surface area (Å²) in [6.45, 7) is 4.07. The summed E-state index contributed by atoms with van der Waals surface area (Å²) < 4.78 is 10.5. The summed E-state index contributed by atoms with van der Waals surface area (Å²) in [5.41, 5.74) is 0. The van der Waals surface area contributed by atoms with E-state index in [0.29, 0.717) is 12.8 Å². The van der Waals surface area contributed by atoms with Gasteiger partial charge in [0.05, 0.1) is 6.61 Å². The molecule has 0 aromatic heterocycles. The molecule has 0 spiro atoms. The van der Waals surface area contributed by atoms with Crippen LogP contribution in [-0.2, 0) is 19.1 Å². The molecule has 0 unspecified atom stereocenters. The van der Waals surface area contributed by atoms with Crippen molar-refractivity contribution in [1.82, 2.24) is 0 Å². The average molecular weight is 591 g/mol. The number of carbonyl (C=O) groups is 2. The highest BCUT2D eigenvalue weighted by molar-refractivity contribution is 5.70. The van der Waals surface area contributed by atoms with E-state index in [1.807, 2.05) is 0 Å². The van der Waals surface area contributed by atoms with Crippen molar-refractivity contribution >= 4 is 11.9 Å². The molecule has 0 radical (unpaired) electrons. The first-order valence-electron chi connectivity index (χ1n) is 17.5. The molecule has 5 nitrogen and oxygen atoms in total. The molecule has 0 saturated carbocycles. The molecule has 5 heteroatoms. The van der Waals surface area contributed by atoms with Crippen molar-refractivity contribution in [2.45, 2.75) is 174 Å². The van der Waals surface area contributed by atoms with Gasteiger partial charge in [0.2, 0.25) is 0 Å². The first-order chi connectivity index (χ1) is 20.6. The highest BCUT2D eigenvalue weighted by Crippen LogP contribution is 2.13. The largest absolute Gasteiger partial charge is 0.462 e. The number of rotatable bonds is 31. The number of allylic oxidation sites excluding steroid dienone is 6. The standard InChI is InChI=1S/C37H66O5/c1-3-5-7-9-11-13-15-16-17-18-19-20-22-24-26-28-30-32-37(40)42-35(33-38)34-41-36(39)31-29-27-25-23-21-14-12-10-8-6-4-2/h11,13,16-17,19-20,35,38H,3-10,12,14-15,18,21-34H2,1-2H3/t35-/m0/s1. The van der Waals surface area contributed by atoms with E-state index >= 15 is 0 Å². The Bertz CT molecular complexity index is 682. The molecule has 0 amide bonds. The number of esters is 2. The topological polar surface area (TPSA) is 72.8 Å². The second-order valence-corrected chi connectivity index (χ2v) is 11.6. The van der Waals surface area contributed by atoms with Gasteiger partial charge in [-0.3, -0.25) is 9.59 Å². The maximum Gasteiger partial charge on any atom is 0.306 e. The molecule has 0 aliphatic heterocycles. The summed E-state index contributed by atoms with van der Waals surface area (Å²) in [7, 11) is 0. The zero-order valence-electron chi connectivity index (χ0n) is 27.5. The summed E-state index contributed by atoms with van der Waals surface area (Å²) in [5, 5.41) is 9.50. The number of hydrogen-bond donors (Lipinski definition) is 1. The van der Waals surface area contributed by atoms with Gasteiger partial charge in [-0.05, 0) is 51.4 Å². The lowest BCUT2D eigenvalue weighted by Crippen LogP contribution is -2.28. The summed E-state index contributed by atoms with van der Waals surface area (Å²) in [5.74, 6) is -0.617. The molecule has 0 fully saturated rings. The third kappa shape index (κ3) is 31.1. The minimum atomic E-state index is -0.778. The number of hydrogen-bond acceptors (Lipinski definition) is 5. The molecule has 1 atom stereocenters. The first kappa shape index (κ1) is 40.1. The third-order valence-corrected chi connectivity index (χ3v) is 7.44. The average Bonchev–Trinajstić information content (AvgIpc) is 2.99. The van der Waals surface area contributed by atoms with E-state index in [1.165, 1.54) is 77.0 Å². The minimum absolute atomic E-state index is 0.0730. The van der Waals surface area contributed by atoms with Crippen LogP contribution in [0.5, 0.6) is 0 Å². The predicted octanol–water partition coefficient (Wildman–Crippen LogP) is 10.5. The third-order valence-electron chi connectivity index (χ3n) is 7.44. The van der Waals surface area contributed by atoms with Crippen LogP contribution in [0.15, 0.2) is 36.5 Å². The lowest BCUT2D eigenvalue weighted by Gasteiger charge is -2.15. The fourth-order valence-electron chi connectivity index (χ4n) is 4.74. The summed E-state index contributed by atoms with van der Waals surface area (Å²) in [6.07, 6.45) is 39.1. The monoisotopic (exact) mass is 590 g/mol. The van der Waals surface area contributed by atoms with Gasteiger partial charge < -0.3 is 14.6 Å². The summed E-state index contributed by atoms with van der Waals surface area (Å²) in [4.78, 5) is 24.1. The molecule has 0 aliphatic carbocycles. The minimum Gasteiger partial charge on any atom is -0.462 e. The van der Waals surface area contributed by atoms with E-state index in [9.17, 15) is 14.7 Å². The molecule has 0 aliphatic rings. The fraction of sp³-hybridized carbons (Fsp3) is 0.784. The molecule has 0 saturated heterocycles. The SMILES string of the molecule is CCCCCC=CCC=CCC=CCCCCCCC(=O)O[C@@H](CO)COC(=O)CCCCCCCCCCCCC. The molecular weight excluding hydrogens is 524 g/mol. The van der Waals surface area contributed by atoms with Crippen molar-refractivity contribution in [2.75, 3.05) is 13.2 Å². The Morgan fingerprint density at radius 1 is 0.548 bits per heavy atom. The number of unbranched alkanes of at least 4 members (excludes halogenated alkanes) is 17. The van der Waals surface area contributed by atoms with Crippen LogP contribution in [0.1, 0.15) is 168 Å². The Balaban J connectivity index is 3.63. The van der Waals surface area contributed by atoms with Crippen molar-refractivity contribution < 1.29 is 24.2 Å². The van der Waals surface area contributed by atoms with Crippen LogP contribution in [0, 0.1) is 0 Å². The fourth-order valence-corrected chi connectivity index (χ4v) is 4.74. The predicted molar refractivity (Wildman–Crippen MR) is 178 cm³/mol. The van der Waals surface area contributed by atoms with Crippen molar-refractivity contribution in [3.63, 3.8) is 0 Å². The van der Waals surface area contributed by atoms with Gasteiger partial charge in [-0.2, -0.15) is 0 Å². The second-order valence-electron chi connectivity index (χ2n) is 11.6. The van der Waals surface area contributed by atoms with Crippen LogP contribution in [0.3, 0.4) is 0 Å². The van der Waals surface area contributed by atoms with Gasteiger partial charge >= 0.3 is 11.9 Å². The molecular formula is C37H66O5. The molecule has 0 aromatic carbocycles. The van der Waals surface area contributed by atoms with Crippen molar-refractivity contribution in [2.24, 2.45) is 0 Å². The van der Waals surface area contributed by atoms with Crippen molar-refractivity contribution in [1.29, 1.82) is 0 Å². The molecule has 1 N–H and O–H groups in total. The molecule has 0 heterocycles. The van der Waals surface area contributed by atoms with Gasteiger partial charge in [-0.15, -0.1) is 0 Å². The highest BCUT2D eigenvalue weighted by Gasteiger charge is 2.16. The maximum absolute atomic E-state index is 12.1. The molecule has 244 valence electrons. The van der Waals surface area contributed by atoms with E-state index in [-0.39, 0.29) is 25.2 Å². The van der Waals surface area contributed by atoms with E-state index < -0.39 is 6.10 Å². The van der Waals surface area contributed by atoms with Gasteiger partial charge in [0, 0.05) is 12.8 Å². The van der Waals surface area contributed by atoms with Crippen LogP contribution in [0.4, 0.5) is 0 Å². The highest BCUT2D eigenvalue weighted by atomic mass is 16.6. The van der Waals surface area contributed by atoms with Crippen LogP contribution < -0.4 is 0 Å². The van der Waals surface area contributed by atoms with E-state index in [0.717, 1.165) is 64.2 Å². The second kappa shape index (κ2) is 33.6. The Morgan fingerprint density at radius 2 is 0.952 bits per heavy atom. The quantitative estimate of drug-likeness (QED) is 0.0494. The Kier molecular flexibility index (Phi) is 32.1. The number of ether oxygens (including phenoxy) is 2. The summed E-state index contributed by atoms with van der Waals surface area (Å²) in [6, 6.07) is 0. The lowest BCUT2D eigenvalue weighted by atomic mass is 10.1. The van der Waals surface area contributed by atoms with Crippen LogP contribution >= 0.6 is 0 Å². The van der Waals surface area contributed by atoms with Gasteiger partial charge in [0.15, 0.2) is 6.10 Å². The van der Waals surface area contributed by atoms with Crippen molar-refractivity contribution in [3.8, 4) is 0 Å². The van der Waals surface area contributed by atoms with Crippen LogP contribution in [0.25, 0.3) is 0 Å². The van der Waals surface area contributed by atoms with Crippen LogP contribution in [0.2, 0.25) is 0 Å². The van der Waals surface area contributed by atoms with E-state index in [2.05, 4.69) is 50.3 Å². The van der Waals surface area contributed by atoms with E-state index in [4.69, 9.17) is 9.47 Å². The zero-order chi connectivity index (χ0) is 30.8. The molecule has 0 aromatic rings.